The Morgan fingerprint density at radius 1 is 1.33 bits per heavy atom. The van der Waals surface area contributed by atoms with Crippen LogP contribution in [0.2, 0.25) is 0 Å². The third-order valence-corrected chi connectivity index (χ3v) is 6.14. The van der Waals surface area contributed by atoms with E-state index in [2.05, 4.69) is 46.0 Å². The summed E-state index contributed by atoms with van der Waals surface area (Å²) in [5, 5.41) is 6.66. The highest BCUT2D eigenvalue weighted by Crippen LogP contribution is 2.31. The van der Waals surface area contributed by atoms with Crippen molar-refractivity contribution in [1.82, 2.24) is 20.0 Å². The summed E-state index contributed by atoms with van der Waals surface area (Å²) in [5.74, 6) is -0.792. The van der Waals surface area contributed by atoms with Gasteiger partial charge in [-0.2, -0.15) is 5.10 Å². The van der Waals surface area contributed by atoms with E-state index >= 15 is 0 Å². The van der Waals surface area contributed by atoms with Crippen molar-refractivity contribution in [3.63, 3.8) is 0 Å². The van der Waals surface area contributed by atoms with Gasteiger partial charge in [0, 0.05) is 31.3 Å². The van der Waals surface area contributed by atoms with E-state index in [4.69, 9.17) is 0 Å². The van der Waals surface area contributed by atoms with E-state index in [0.29, 0.717) is 18.5 Å². The van der Waals surface area contributed by atoms with Crippen molar-refractivity contribution in [3.05, 3.63) is 56.4 Å². The van der Waals surface area contributed by atoms with E-state index in [1.165, 1.54) is 5.57 Å². The van der Waals surface area contributed by atoms with Gasteiger partial charge in [-0.3, -0.25) is 24.4 Å². The molecular weight excluding hydrogens is 495 g/mol. The van der Waals surface area contributed by atoms with Crippen LogP contribution in [0.3, 0.4) is 0 Å². The molecule has 8 heteroatoms. The van der Waals surface area contributed by atoms with Crippen LogP contribution < -0.4 is 5.32 Å². The fourth-order valence-corrected chi connectivity index (χ4v) is 4.51. The molecular formula is C22H23IN4O3. The SMILES string of the molecule is C/C(=C\c1cccc2c1CN(C1CCC(=O)NC1=O)C2=O)CCCn1cc(I)cn1. The molecule has 30 heavy (non-hydrogen) atoms. The zero-order chi connectivity index (χ0) is 21.3. The summed E-state index contributed by atoms with van der Waals surface area (Å²) in [4.78, 5) is 38.2. The Morgan fingerprint density at radius 3 is 2.90 bits per heavy atom. The summed E-state index contributed by atoms with van der Waals surface area (Å²) in [5.41, 5.74) is 3.85. The second-order valence-corrected chi connectivity index (χ2v) is 9.03. The Morgan fingerprint density at radius 2 is 2.17 bits per heavy atom. The quantitative estimate of drug-likeness (QED) is 0.471. The van der Waals surface area contributed by atoms with E-state index in [-0.39, 0.29) is 24.1 Å². The molecule has 1 aromatic carbocycles. The van der Waals surface area contributed by atoms with Gasteiger partial charge in [0.15, 0.2) is 0 Å². The molecule has 0 bridgehead atoms. The number of hydrogen-bond donors (Lipinski definition) is 1. The third kappa shape index (κ3) is 4.33. The first kappa shape index (κ1) is 20.8. The summed E-state index contributed by atoms with van der Waals surface area (Å²) >= 11 is 2.25. The van der Waals surface area contributed by atoms with Crippen LogP contribution in [0.4, 0.5) is 0 Å². The molecule has 0 saturated carbocycles. The number of amides is 3. The Balaban J connectivity index is 1.46. The van der Waals surface area contributed by atoms with Gasteiger partial charge in [0.2, 0.25) is 11.8 Å². The molecule has 3 heterocycles. The highest BCUT2D eigenvalue weighted by Gasteiger charge is 2.39. The van der Waals surface area contributed by atoms with Crippen molar-refractivity contribution in [2.24, 2.45) is 0 Å². The molecule has 4 rings (SSSR count). The zero-order valence-corrected chi connectivity index (χ0v) is 18.9. The molecule has 1 fully saturated rings. The first-order chi connectivity index (χ1) is 14.4. The summed E-state index contributed by atoms with van der Waals surface area (Å²) < 4.78 is 3.08. The van der Waals surface area contributed by atoms with Crippen molar-refractivity contribution in [1.29, 1.82) is 0 Å². The Labute approximate surface area is 188 Å². The van der Waals surface area contributed by atoms with Crippen molar-refractivity contribution >= 4 is 46.4 Å². The molecule has 1 N–H and O–H groups in total. The number of hydrogen-bond acceptors (Lipinski definition) is 4. The van der Waals surface area contributed by atoms with E-state index in [1.807, 2.05) is 35.3 Å². The molecule has 1 atom stereocenters. The number of halogens is 1. The number of piperidine rings is 1. The van der Waals surface area contributed by atoms with E-state index in [9.17, 15) is 14.4 Å². The Kier molecular flexibility index (Phi) is 6.03. The maximum Gasteiger partial charge on any atom is 0.255 e. The number of carbonyl (C=O) groups is 3. The lowest BCUT2D eigenvalue weighted by Crippen LogP contribution is -2.52. The molecule has 2 aliphatic heterocycles. The molecule has 156 valence electrons. The lowest BCUT2D eigenvalue weighted by Gasteiger charge is -2.29. The Hall–Kier alpha value is -2.49. The molecule has 0 radical (unpaired) electrons. The normalized spacial score (nSPS) is 19.3. The third-order valence-electron chi connectivity index (χ3n) is 5.58. The minimum atomic E-state index is -0.586. The van der Waals surface area contributed by atoms with Gasteiger partial charge < -0.3 is 4.90 Å². The van der Waals surface area contributed by atoms with E-state index < -0.39 is 6.04 Å². The number of nitrogens with zero attached hydrogens (tertiary/aromatic N) is 3. The van der Waals surface area contributed by atoms with Crippen molar-refractivity contribution in [2.45, 2.75) is 51.7 Å². The van der Waals surface area contributed by atoms with Gasteiger partial charge in [-0.05, 0) is 66.0 Å². The second-order valence-electron chi connectivity index (χ2n) is 7.79. The average Bonchev–Trinajstić information content (AvgIpc) is 3.26. The topological polar surface area (TPSA) is 84.3 Å². The number of nitrogens with one attached hydrogen (secondary N) is 1. The number of aryl methyl sites for hydroxylation is 1. The molecule has 0 spiro atoms. The number of rotatable bonds is 6. The standard InChI is InChI=1S/C22H23IN4O3/c1-14(4-3-9-26-12-16(23)11-24-26)10-15-5-2-6-17-18(15)13-27(22(17)30)19-7-8-20(28)25-21(19)29/h2,5-6,10-12,19H,3-4,7-9,13H2,1H3,(H,25,28,29)/b14-10+. The minimum absolute atomic E-state index is 0.138. The van der Waals surface area contributed by atoms with Gasteiger partial charge in [-0.1, -0.05) is 23.8 Å². The van der Waals surface area contributed by atoms with Crippen molar-refractivity contribution in [2.75, 3.05) is 0 Å². The number of benzene rings is 1. The highest BCUT2D eigenvalue weighted by molar-refractivity contribution is 14.1. The summed E-state index contributed by atoms with van der Waals surface area (Å²) in [7, 11) is 0. The maximum absolute atomic E-state index is 12.9. The zero-order valence-electron chi connectivity index (χ0n) is 16.7. The van der Waals surface area contributed by atoms with Gasteiger partial charge in [0.05, 0.1) is 9.77 Å². The molecule has 3 amide bonds. The predicted octanol–water partition coefficient (Wildman–Crippen LogP) is 3.13. The fourth-order valence-electron chi connectivity index (χ4n) is 4.06. The molecule has 0 aliphatic carbocycles. The monoisotopic (exact) mass is 518 g/mol. The molecule has 2 aromatic rings. The Bertz CT molecular complexity index is 1040. The highest BCUT2D eigenvalue weighted by atomic mass is 127. The second kappa shape index (κ2) is 8.71. The smallest absolute Gasteiger partial charge is 0.255 e. The van der Waals surface area contributed by atoms with Crippen LogP contribution >= 0.6 is 22.6 Å². The van der Waals surface area contributed by atoms with E-state index in [0.717, 1.165) is 34.1 Å². The van der Waals surface area contributed by atoms with Crippen LogP contribution in [0.5, 0.6) is 0 Å². The lowest BCUT2D eigenvalue weighted by atomic mass is 10.00. The predicted molar refractivity (Wildman–Crippen MR) is 120 cm³/mol. The molecule has 1 unspecified atom stereocenters. The van der Waals surface area contributed by atoms with Gasteiger partial charge >= 0.3 is 0 Å². The molecule has 7 nitrogen and oxygen atoms in total. The van der Waals surface area contributed by atoms with Crippen LogP contribution in [0.15, 0.2) is 36.2 Å². The van der Waals surface area contributed by atoms with Crippen molar-refractivity contribution < 1.29 is 14.4 Å². The number of aromatic nitrogens is 2. The average molecular weight is 518 g/mol. The number of carbonyl (C=O) groups excluding carboxylic acids is 3. The number of imide groups is 1. The summed E-state index contributed by atoms with van der Waals surface area (Å²) in [6.45, 7) is 3.36. The molecule has 1 aromatic heterocycles. The largest absolute Gasteiger partial charge is 0.322 e. The van der Waals surface area contributed by atoms with Gasteiger partial charge in [-0.15, -0.1) is 0 Å². The summed E-state index contributed by atoms with van der Waals surface area (Å²) in [6.07, 6.45) is 8.56. The van der Waals surface area contributed by atoms with Crippen LogP contribution in [0.25, 0.3) is 6.08 Å². The van der Waals surface area contributed by atoms with Crippen LogP contribution in [0.1, 0.15) is 54.1 Å². The first-order valence-electron chi connectivity index (χ1n) is 10.0. The van der Waals surface area contributed by atoms with Gasteiger partial charge in [0.25, 0.3) is 5.91 Å². The molecule has 1 saturated heterocycles. The first-order valence-corrected chi connectivity index (χ1v) is 11.1. The van der Waals surface area contributed by atoms with E-state index in [1.54, 1.807) is 4.90 Å². The van der Waals surface area contributed by atoms with Crippen LogP contribution in [-0.4, -0.2) is 38.4 Å². The number of fused-ring (bicyclic) bond motifs is 1. The fraction of sp³-hybridized carbons (Fsp3) is 0.364. The van der Waals surface area contributed by atoms with Gasteiger partial charge in [-0.25, -0.2) is 0 Å². The van der Waals surface area contributed by atoms with Crippen LogP contribution in [-0.2, 0) is 22.7 Å². The summed E-state index contributed by atoms with van der Waals surface area (Å²) in [6, 6.07) is 5.13. The maximum atomic E-state index is 12.9. The van der Waals surface area contributed by atoms with Crippen LogP contribution in [0, 0.1) is 3.57 Å². The number of allylic oxidation sites excluding steroid dienone is 1. The lowest BCUT2D eigenvalue weighted by molar-refractivity contribution is -0.136. The molecule has 2 aliphatic rings. The van der Waals surface area contributed by atoms with Gasteiger partial charge in [0.1, 0.15) is 6.04 Å². The van der Waals surface area contributed by atoms with Crippen molar-refractivity contribution in [3.8, 4) is 0 Å². The minimum Gasteiger partial charge on any atom is -0.322 e.